The minimum Gasteiger partial charge on any atom is -0.381 e. The summed E-state index contributed by atoms with van der Waals surface area (Å²) in [5.74, 6) is 0.896. The Balaban J connectivity index is 1.76. The highest BCUT2D eigenvalue weighted by atomic mass is 16.5. The van der Waals surface area contributed by atoms with Gasteiger partial charge in [0.15, 0.2) is 0 Å². The van der Waals surface area contributed by atoms with E-state index in [4.69, 9.17) is 4.74 Å². The van der Waals surface area contributed by atoms with Gasteiger partial charge in [-0.25, -0.2) is 0 Å². The third kappa shape index (κ3) is 3.46. The van der Waals surface area contributed by atoms with Crippen molar-refractivity contribution in [2.24, 2.45) is 5.92 Å². The Bertz CT molecular complexity index is 219. The van der Waals surface area contributed by atoms with Crippen LogP contribution in [0.2, 0.25) is 0 Å². The highest BCUT2D eigenvalue weighted by Gasteiger charge is 2.21. The molecule has 2 rings (SSSR count). The number of carbonyl (C=O) groups is 1. The highest BCUT2D eigenvalue weighted by molar-refractivity contribution is 5.76. The Morgan fingerprint density at radius 1 is 1.25 bits per heavy atom. The summed E-state index contributed by atoms with van der Waals surface area (Å²) < 4.78 is 5.31. The van der Waals surface area contributed by atoms with E-state index in [9.17, 15) is 4.79 Å². The number of hydrogen-bond acceptors (Lipinski definition) is 3. The van der Waals surface area contributed by atoms with Crippen LogP contribution in [0.1, 0.15) is 25.7 Å². The van der Waals surface area contributed by atoms with Crippen LogP contribution in [-0.2, 0) is 9.53 Å². The van der Waals surface area contributed by atoms with Crippen molar-refractivity contribution in [3.8, 4) is 0 Å². The lowest BCUT2D eigenvalue weighted by Crippen LogP contribution is -2.35. The molecule has 0 saturated carbocycles. The zero-order valence-corrected chi connectivity index (χ0v) is 9.91. The number of nitrogens with one attached hydrogen (secondary N) is 1. The molecule has 1 amide bonds. The maximum Gasteiger partial charge on any atom is 0.222 e. The van der Waals surface area contributed by atoms with Gasteiger partial charge >= 0.3 is 0 Å². The largest absolute Gasteiger partial charge is 0.381 e. The second kappa shape index (κ2) is 6.21. The number of ether oxygens (including phenoxy) is 1. The van der Waals surface area contributed by atoms with Crippen molar-refractivity contribution in [3.63, 3.8) is 0 Å². The summed E-state index contributed by atoms with van der Waals surface area (Å²) in [5.41, 5.74) is 0. The molecule has 0 bridgehead atoms. The maximum atomic E-state index is 12.1. The second-order valence-electron chi connectivity index (χ2n) is 4.74. The van der Waals surface area contributed by atoms with E-state index in [2.05, 4.69) is 5.32 Å². The summed E-state index contributed by atoms with van der Waals surface area (Å²) in [6.45, 7) is 5.46. The van der Waals surface area contributed by atoms with Crippen LogP contribution < -0.4 is 5.32 Å². The van der Waals surface area contributed by atoms with Gasteiger partial charge in [0.1, 0.15) is 0 Å². The molecule has 16 heavy (non-hydrogen) atoms. The van der Waals surface area contributed by atoms with E-state index in [1.54, 1.807) is 0 Å². The summed E-state index contributed by atoms with van der Waals surface area (Å²) in [4.78, 5) is 14.1. The molecule has 2 fully saturated rings. The summed E-state index contributed by atoms with van der Waals surface area (Å²) in [6, 6.07) is 0. The molecule has 2 aliphatic heterocycles. The zero-order valence-electron chi connectivity index (χ0n) is 9.91. The Morgan fingerprint density at radius 3 is 2.88 bits per heavy atom. The standard InChI is InChI=1S/C12H22N2O2/c15-12(10-11-2-8-16-9-3-11)14-6-1-4-13-5-7-14/h11,13H,1-10H2. The summed E-state index contributed by atoms with van der Waals surface area (Å²) in [6.07, 6.45) is 3.92. The van der Waals surface area contributed by atoms with Crippen molar-refractivity contribution in [2.45, 2.75) is 25.7 Å². The lowest BCUT2D eigenvalue weighted by molar-refractivity contribution is -0.132. The van der Waals surface area contributed by atoms with Crippen molar-refractivity contribution in [1.82, 2.24) is 10.2 Å². The smallest absolute Gasteiger partial charge is 0.222 e. The first-order valence-corrected chi connectivity index (χ1v) is 6.42. The van der Waals surface area contributed by atoms with Crippen LogP contribution in [0, 0.1) is 5.92 Å². The van der Waals surface area contributed by atoms with Crippen molar-refractivity contribution >= 4 is 5.91 Å². The minimum atomic E-state index is 0.343. The first-order chi connectivity index (χ1) is 7.86. The lowest BCUT2D eigenvalue weighted by atomic mass is 9.96. The van der Waals surface area contributed by atoms with E-state index < -0.39 is 0 Å². The van der Waals surface area contributed by atoms with Gasteiger partial charge in [0.2, 0.25) is 5.91 Å². The van der Waals surface area contributed by atoms with Gasteiger partial charge in [-0.3, -0.25) is 4.79 Å². The predicted molar refractivity (Wildman–Crippen MR) is 62.2 cm³/mol. The molecule has 0 aromatic carbocycles. The van der Waals surface area contributed by atoms with Crippen molar-refractivity contribution < 1.29 is 9.53 Å². The van der Waals surface area contributed by atoms with Crippen LogP contribution in [0.3, 0.4) is 0 Å². The maximum absolute atomic E-state index is 12.1. The van der Waals surface area contributed by atoms with E-state index in [1.807, 2.05) is 4.90 Å². The predicted octanol–water partition coefficient (Wildman–Crippen LogP) is 0.625. The molecule has 1 N–H and O–H groups in total. The van der Waals surface area contributed by atoms with Crippen LogP contribution in [0.25, 0.3) is 0 Å². The normalized spacial score (nSPS) is 24.1. The van der Waals surface area contributed by atoms with Gasteiger partial charge in [-0.2, -0.15) is 0 Å². The quantitative estimate of drug-likeness (QED) is 0.750. The molecule has 0 spiro atoms. The molecule has 0 aromatic heterocycles. The molecule has 0 radical (unpaired) electrons. The van der Waals surface area contributed by atoms with Crippen molar-refractivity contribution in [1.29, 1.82) is 0 Å². The van der Waals surface area contributed by atoms with Crippen LogP contribution in [-0.4, -0.2) is 50.2 Å². The van der Waals surface area contributed by atoms with Crippen LogP contribution in [0.5, 0.6) is 0 Å². The average Bonchev–Trinajstić information content (AvgIpc) is 2.59. The molecular weight excluding hydrogens is 204 g/mol. The Morgan fingerprint density at radius 2 is 2.06 bits per heavy atom. The molecule has 2 heterocycles. The zero-order chi connectivity index (χ0) is 11.2. The Hall–Kier alpha value is -0.610. The molecule has 0 atom stereocenters. The van der Waals surface area contributed by atoms with Gasteiger partial charge in [0, 0.05) is 39.3 Å². The van der Waals surface area contributed by atoms with Gasteiger partial charge in [0.05, 0.1) is 0 Å². The average molecular weight is 226 g/mol. The fourth-order valence-electron chi connectivity index (χ4n) is 2.42. The van der Waals surface area contributed by atoms with Gasteiger partial charge in [-0.05, 0) is 31.7 Å². The number of rotatable bonds is 2. The summed E-state index contributed by atoms with van der Waals surface area (Å²) in [7, 11) is 0. The number of amides is 1. The van der Waals surface area contributed by atoms with E-state index in [0.717, 1.165) is 65.1 Å². The van der Waals surface area contributed by atoms with E-state index >= 15 is 0 Å². The van der Waals surface area contributed by atoms with Crippen molar-refractivity contribution in [3.05, 3.63) is 0 Å². The summed E-state index contributed by atoms with van der Waals surface area (Å²) >= 11 is 0. The fourth-order valence-corrected chi connectivity index (χ4v) is 2.42. The Kier molecular flexibility index (Phi) is 4.60. The van der Waals surface area contributed by atoms with Crippen molar-refractivity contribution in [2.75, 3.05) is 39.4 Å². The highest BCUT2D eigenvalue weighted by Crippen LogP contribution is 2.19. The fraction of sp³-hybridized carbons (Fsp3) is 0.917. The van der Waals surface area contributed by atoms with Gasteiger partial charge in [-0.1, -0.05) is 0 Å². The first kappa shape index (κ1) is 11.9. The van der Waals surface area contributed by atoms with Crippen LogP contribution in [0.15, 0.2) is 0 Å². The van der Waals surface area contributed by atoms with E-state index in [-0.39, 0.29) is 0 Å². The molecule has 2 saturated heterocycles. The van der Waals surface area contributed by atoms with Crippen LogP contribution >= 0.6 is 0 Å². The lowest BCUT2D eigenvalue weighted by Gasteiger charge is -2.25. The first-order valence-electron chi connectivity index (χ1n) is 6.42. The third-order valence-electron chi connectivity index (χ3n) is 3.50. The SMILES string of the molecule is O=C(CC1CCOCC1)N1CCCNCC1. The summed E-state index contributed by atoms with van der Waals surface area (Å²) in [5, 5.41) is 3.32. The topological polar surface area (TPSA) is 41.6 Å². The van der Waals surface area contributed by atoms with Crippen LogP contribution in [0.4, 0.5) is 0 Å². The molecular formula is C12H22N2O2. The number of nitrogens with zero attached hydrogens (tertiary/aromatic N) is 1. The molecule has 0 unspecified atom stereocenters. The monoisotopic (exact) mass is 226 g/mol. The second-order valence-corrected chi connectivity index (χ2v) is 4.74. The van der Waals surface area contributed by atoms with E-state index in [0.29, 0.717) is 11.8 Å². The minimum absolute atomic E-state index is 0.343. The third-order valence-corrected chi connectivity index (χ3v) is 3.50. The Labute approximate surface area is 97.3 Å². The molecule has 92 valence electrons. The number of carbonyl (C=O) groups excluding carboxylic acids is 1. The number of hydrogen-bond donors (Lipinski definition) is 1. The van der Waals surface area contributed by atoms with E-state index in [1.165, 1.54) is 0 Å². The molecule has 0 aliphatic carbocycles. The van der Waals surface area contributed by atoms with Gasteiger partial charge in [0.25, 0.3) is 0 Å². The molecule has 2 aliphatic rings. The van der Waals surface area contributed by atoms with Gasteiger partial charge < -0.3 is 15.0 Å². The molecule has 4 heteroatoms. The molecule has 4 nitrogen and oxygen atoms in total. The molecule has 0 aromatic rings. The van der Waals surface area contributed by atoms with Gasteiger partial charge in [-0.15, -0.1) is 0 Å².